The maximum atomic E-state index is 10.8. The summed E-state index contributed by atoms with van der Waals surface area (Å²) in [5.41, 5.74) is 1.30. The summed E-state index contributed by atoms with van der Waals surface area (Å²) in [6.45, 7) is 1.81. The van der Waals surface area contributed by atoms with Crippen LogP contribution >= 0.6 is 0 Å². The zero-order chi connectivity index (χ0) is 12.3. The van der Waals surface area contributed by atoms with Gasteiger partial charge in [-0.25, -0.2) is 0 Å². The molecule has 0 saturated carbocycles. The summed E-state index contributed by atoms with van der Waals surface area (Å²) in [5, 5.41) is 14.8. The van der Waals surface area contributed by atoms with E-state index in [1.807, 2.05) is 37.3 Å². The van der Waals surface area contributed by atoms with Crippen LogP contribution in [0.4, 0.5) is 5.82 Å². The number of hydrogen-bond donors (Lipinski definition) is 0. The van der Waals surface area contributed by atoms with Crippen molar-refractivity contribution < 1.29 is 4.92 Å². The SMILES string of the molecule is C/C=C/c1cn(-c2ccccc2)nc1[N+](=O)[O-]. The first-order valence-electron chi connectivity index (χ1n) is 5.14. The van der Waals surface area contributed by atoms with Crippen molar-refractivity contribution in [2.45, 2.75) is 6.92 Å². The monoisotopic (exact) mass is 229 g/mol. The fraction of sp³-hybridized carbons (Fsp3) is 0.0833. The van der Waals surface area contributed by atoms with Crippen LogP contribution < -0.4 is 0 Å². The average Bonchev–Trinajstić information content (AvgIpc) is 2.75. The van der Waals surface area contributed by atoms with E-state index in [2.05, 4.69) is 5.10 Å². The first-order valence-corrected chi connectivity index (χ1v) is 5.14. The van der Waals surface area contributed by atoms with Crippen LogP contribution in [0, 0.1) is 10.1 Å². The Bertz CT molecular complexity index is 558. The van der Waals surface area contributed by atoms with E-state index >= 15 is 0 Å². The normalized spacial score (nSPS) is 10.9. The number of nitro groups is 1. The fourth-order valence-electron chi connectivity index (χ4n) is 1.53. The second-order valence-electron chi connectivity index (χ2n) is 3.45. The molecule has 0 aliphatic heterocycles. The third kappa shape index (κ3) is 2.23. The Morgan fingerprint density at radius 1 is 1.35 bits per heavy atom. The molecule has 0 fully saturated rings. The lowest BCUT2D eigenvalue weighted by atomic mass is 10.3. The molecule has 86 valence electrons. The molecule has 1 heterocycles. The predicted octanol–water partition coefficient (Wildman–Crippen LogP) is 2.81. The molecule has 0 bridgehead atoms. The molecule has 0 aliphatic carbocycles. The van der Waals surface area contributed by atoms with Gasteiger partial charge in [0.2, 0.25) is 0 Å². The fourth-order valence-corrected chi connectivity index (χ4v) is 1.53. The van der Waals surface area contributed by atoms with Gasteiger partial charge >= 0.3 is 5.82 Å². The van der Waals surface area contributed by atoms with Crippen molar-refractivity contribution in [3.63, 3.8) is 0 Å². The number of allylic oxidation sites excluding steroid dienone is 1. The summed E-state index contributed by atoms with van der Waals surface area (Å²) in [6, 6.07) is 9.29. The van der Waals surface area contributed by atoms with Gasteiger partial charge in [-0.2, -0.15) is 0 Å². The second kappa shape index (κ2) is 4.61. The third-order valence-electron chi connectivity index (χ3n) is 2.26. The molecule has 0 atom stereocenters. The quantitative estimate of drug-likeness (QED) is 0.600. The van der Waals surface area contributed by atoms with Gasteiger partial charge in [0.05, 0.1) is 22.5 Å². The van der Waals surface area contributed by atoms with Crippen LogP contribution in [0.25, 0.3) is 11.8 Å². The van der Waals surface area contributed by atoms with Crippen molar-refractivity contribution in [2.75, 3.05) is 0 Å². The first-order chi connectivity index (χ1) is 8.22. The van der Waals surface area contributed by atoms with Crippen molar-refractivity contribution in [2.24, 2.45) is 0 Å². The van der Waals surface area contributed by atoms with E-state index < -0.39 is 4.92 Å². The standard InChI is InChI=1S/C12H11N3O2/c1-2-6-10-9-14(13-12(10)15(16)17)11-7-4-3-5-8-11/h2-9H,1H3/b6-2+. The largest absolute Gasteiger partial charge is 0.397 e. The van der Waals surface area contributed by atoms with E-state index in [9.17, 15) is 10.1 Å². The molecule has 0 amide bonds. The second-order valence-corrected chi connectivity index (χ2v) is 3.45. The van der Waals surface area contributed by atoms with Gasteiger partial charge in [-0.05, 0) is 30.1 Å². The molecule has 0 unspecified atom stereocenters. The molecule has 5 nitrogen and oxygen atoms in total. The lowest BCUT2D eigenvalue weighted by molar-refractivity contribution is -0.389. The highest BCUT2D eigenvalue weighted by Gasteiger charge is 2.19. The van der Waals surface area contributed by atoms with Crippen molar-refractivity contribution in [3.8, 4) is 5.69 Å². The summed E-state index contributed by atoms with van der Waals surface area (Å²) in [5.74, 6) is -0.132. The van der Waals surface area contributed by atoms with Crippen LogP contribution in [-0.4, -0.2) is 14.7 Å². The van der Waals surface area contributed by atoms with Gasteiger partial charge in [0.25, 0.3) is 0 Å². The van der Waals surface area contributed by atoms with E-state index in [1.54, 1.807) is 18.3 Å². The van der Waals surface area contributed by atoms with E-state index in [0.717, 1.165) is 5.69 Å². The zero-order valence-corrected chi connectivity index (χ0v) is 9.28. The molecule has 0 N–H and O–H groups in total. The minimum Gasteiger partial charge on any atom is -0.358 e. The third-order valence-corrected chi connectivity index (χ3v) is 2.26. The van der Waals surface area contributed by atoms with Crippen molar-refractivity contribution in [1.82, 2.24) is 9.78 Å². The number of para-hydroxylation sites is 1. The molecular weight excluding hydrogens is 218 g/mol. The number of rotatable bonds is 3. The summed E-state index contributed by atoms with van der Waals surface area (Å²) in [4.78, 5) is 10.4. The molecule has 2 rings (SSSR count). The van der Waals surface area contributed by atoms with Gasteiger partial charge in [0.15, 0.2) is 0 Å². The van der Waals surface area contributed by atoms with Crippen molar-refractivity contribution >= 4 is 11.9 Å². The lowest BCUT2D eigenvalue weighted by Crippen LogP contribution is -1.96. The predicted molar refractivity (Wildman–Crippen MR) is 64.9 cm³/mol. The Kier molecular flexibility index (Phi) is 3.00. The molecule has 5 heteroatoms. The summed E-state index contributed by atoms with van der Waals surface area (Å²) in [7, 11) is 0. The van der Waals surface area contributed by atoms with Crippen molar-refractivity contribution in [1.29, 1.82) is 0 Å². The average molecular weight is 229 g/mol. The smallest absolute Gasteiger partial charge is 0.358 e. The van der Waals surface area contributed by atoms with E-state index in [4.69, 9.17) is 0 Å². The van der Waals surface area contributed by atoms with E-state index in [1.165, 1.54) is 4.68 Å². The summed E-state index contributed by atoms with van der Waals surface area (Å²) < 4.78 is 1.51. The molecule has 0 saturated heterocycles. The van der Waals surface area contributed by atoms with Gasteiger partial charge in [-0.15, -0.1) is 4.68 Å². The first kappa shape index (κ1) is 11.1. The molecule has 0 radical (unpaired) electrons. The zero-order valence-electron chi connectivity index (χ0n) is 9.28. The van der Waals surface area contributed by atoms with Crippen LogP contribution in [0.1, 0.15) is 12.5 Å². The lowest BCUT2D eigenvalue weighted by Gasteiger charge is -1.93. The topological polar surface area (TPSA) is 61.0 Å². The van der Waals surface area contributed by atoms with Gasteiger partial charge in [-0.3, -0.25) is 0 Å². The Labute approximate surface area is 98.2 Å². The van der Waals surface area contributed by atoms with Gasteiger partial charge in [-0.1, -0.05) is 24.3 Å². The highest BCUT2D eigenvalue weighted by atomic mass is 16.6. The van der Waals surface area contributed by atoms with Crippen LogP contribution in [0.15, 0.2) is 42.6 Å². The molecule has 0 aliphatic rings. The number of nitrogens with zero attached hydrogens (tertiary/aromatic N) is 3. The maximum absolute atomic E-state index is 10.8. The Morgan fingerprint density at radius 3 is 2.65 bits per heavy atom. The summed E-state index contributed by atoms with van der Waals surface area (Å²) in [6.07, 6.45) is 5.07. The van der Waals surface area contributed by atoms with Crippen LogP contribution in [0.2, 0.25) is 0 Å². The van der Waals surface area contributed by atoms with Crippen molar-refractivity contribution in [3.05, 3.63) is 58.3 Å². The molecular formula is C12H11N3O2. The number of benzene rings is 1. The van der Waals surface area contributed by atoms with Crippen LogP contribution in [0.3, 0.4) is 0 Å². The van der Waals surface area contributed by atoms with E-state index in [0.29, 0.717) is 5.56 Å². The minimum absolute atomic E-state index is 0.132. The van der Waals surface area contributed by atoms with Crippen LogP contribution in [0.5, 0.6) is 0 Å². The number of aromatic nitrogens is 2. The highest BCUT2D eigenvalue weighted by molar-refractivity contribution is 5.57. The highest BCUT2D eigenvalue weighted by Crippen LogP contribution is 2.19. The minimum atomic E-state index is -0.477. The summed E-state index contributed by atoms with van der Waals surface area (Å²) >= 11 is 0. The maximum Gasteiger partial charge on any atom is 0.397 e. The van der Waals surface area contributed by atoms with Crippen LogP contribution in [-0.2, 0) is 0 Å². The molecule has 2 aromatic rings. The Morgan fingerprint density at radius 2 is 2.06 bits per heavy atom. The molecule has 0 spiro atoms. The van der Waals surface area contributed by atoms with E-state index in [-0.39, 0.29) is 5.82 Å². The Balaban J connectivity index is 2.51. The molecule has 1 aromatic heterocycles. The Hall–Kier alpha value is -2.43. The van der Waals surface area contributed by atoms with Gasteiger partial charge in [0.1, 0.15) is 0 Å². The van der Waals surface area contributed by atoms with Gasteiger partial charge < -0.3 is 10.1 Å². The van der Waals surface area contributed by atoms with Gasteiger partial charge in [0, 0.05) is 0 Å². The molecule has 17 heavy (non-hydrogen) atoms. The number of hydrogen-bond acceptors (Lipinski definition) is 3. The molecule has 1 aromatic carbocycles.